The summed E-state index contributed by atoms with van der Waals surface area (Å²) >= 11 is 0. The third-order valence-corrected chi connectivity index (χ3v) is 3.80. The Morgan fingerprint density at radius 1 is 1.29 bits per heavy atom. The number of likely N-dealkylation sites (N-methyl/N-ethyl adjacent to an activating group) is 1. The molecule has 0 unspecified atom stereocenters. The fourth-order valence-corrected chi connectivity index (χ4v) is 2.44. The summed E-state index contributed by atoms with van der Waals surface area (Å²) in [5.41, 5.74) is 1.11. The van der Waals surface area contributed by atoms with Crippen LogP contribution >= 0.6 is 0 Å². The van der Waals surface area contributed by atoms with Gasteiger partial charge in [0.2, 0.25) is 5.91 Å². The normalized spacial score (nSPS) is 16.4. The number of nitriles is 1. The molecule has 0 aliphatic carbocycles. The van der Waals surface area contributed by atoms with Crippen LogP contribution in [0, 0.1) is 11.3 Å². The zero-order valence-corrected chi connectivity index (χ0v) is 12.5. The van der Waals surface area contributed by atoms with Gasteiger partial charge >= 0.3 is 0 Å². The maximum atomic E-state index is 11.9. The van der Waals surface area contributed by atoms with Gasteiger partial charge in [0.05, 0.1) is 11.3 Å². The Balaban J connectivity index is 1.72. The lowest BCUT2D eigenvalue weighted by molar-refractivity contribution is -0.116. The smallest absolute Gasteiger partial charge is 0.224 e. The summed E-state index contributed by atoms with van der Waals surface area (Å²) in [5, 5.41) is 11.8. The molecule has 0 spiro atoms. The lowest BCUT2D eigenvalue weighted by atomic mass is 10.2. The topological polar surface area (TPSA) is 59.4 Å². The number of para-hydroxylation sites is 1. The molecule has 5 heteroatoms. The van der Waals surface area contributed by atoms with Crippen molar-refractivity contribution in [2.24, 2.45) is 0 Å². The van der Waals surface area contributed by atoms with Crippen molar-refractivity contribution >= 4 is 11.6 Å². The first kappa shape index (κ1) is 15.5. The van der Waals surface area contributed by atoms with Crippen molar-refractivity contribution in [2.75, 3.05) is 45.1 Å². The minimum absolute atomic E-state index is 0.0215. The second kappa shape index (κ2) is 7.77. The van der Waals surface area contributed by atoms with E-state index in [1.54, 1.807) is 18.2 Å². The van der Waals surface area contributed by atoms with Crippen LogP contribution in [-0.4, -0.2) is 55.5 Å². The number of amides is 1. The molecule has 112 valence electrons. The number of piperazine rings is 1. The highest BCUT2D eigenvalue weighted by Crippen LogP contribution is 2.14. The van der Waals surface area contributed by atoms with Crippen LogP contribution in [0.25, 0.3) is 0 Å². The summed E-state index contributed by atoms with van der Waals surface area (Å²) in [7, 11) is 2.14. The quantitative estimate of drug-likeness (QED) is 0.891. The number of carbonyl (C=O) groups is 1. The minimum Gasteiger partial charge on any atom is -0.325 e. The largest absolute Gasteiger partial charge is 0.325 e. The lowest BCUT2D eigenvalue weighted by Crippen LogP contribution is -2.44. The van der Waals surface area contributed by atoms with Crippen molar-refractivity contribution in [1.82, 2.24) is 9.80 Å². The van der Waals surface area contributed by atoms with Gasteiger partial charge in [0.25, 0.3) is 0 Å². The van der Waals surface area contributed by atoms with E-state index in [1.165, 1.54) is 0 Å². The Hall–Kier alpha value is -1.90. The van der Waals surface area contributed by atoms with Crippen molar-refractivity contribution in [2.45, 2.75) is 12.8 Å². The molecule has 0 saturated carbocycles. The number of rotatable bonds is 5. The molecule has 5 nitrogen and oxygen atoms in total. The molecular weight excluding hydrogens is 264 g/mol. The maximum Gasteiger partial charge on any atom is 0.224 e. The first-order valence-corrected chi connectivity index (χ1v) is 7.39. The van der Waals surface area contributed by atoms with E-state index < -0.39 is 0 Å². The number of nitrogens with one attached hydrogen (secondary N) is 1. The first-order valence-electron chi connectivity index (χ1n) is 7.39. The molecule has 1 aliphatic rings. The van der Waals surface area contributed by atoms with Crippen molar-refractivity contribution in [3.05, 3.63) is 29.8 Å². The fourth-order valence-electron chi connectivity index (χ4n) is 2.44. The van der Waals surface area contributed by atoms with Crippen LogP contribution in [0.3, 0.4) is 0 Å². The lowest BCUT2D eigenvalue weighted by Gasteiger charge is -2.32. The Morgan fingerprint density at radius 3 is 2.71 bits per heavy atom. The van der Waals surface area contributed by atoms with Crippen LogP contribution in [0.15, 0.2) is 24.3 Å². The van der Waals surface area contributed by atoms with E-state index in [0.29, 0.717) is 17.7 Å². The van der Waals surface area contributed by atoms with Crippen molar-refractivity contribution < 1.29 is 4.79 Å². The number of nitrogens with zero attached hydrogens (tertiary/aromatic N) is 3. The Bertz CT molecular complexity index is 515. The summed E-state index contributed by atoms with van der Waals surface area (Å²) in [4.78, 5) is 16.6. The van der Waals surface area contributed by atoms with E-state index in [-0.39, 0.29) is 5.91 Å². The number of benzene rings is 1. The van der Waals surface area contributed by atoms with E-state index >= 15 is 0 Å². The van der Waals surface area contributed by atoms with Crippen LogP contribution in [0.4, 0.5) is 5.69 Å². The van der Waals surface area contributed by atoms with Gasteiger partial charge in [-0.2, -0.15) is 5.26 Å². The zero-order valence-electron chi connectivity index (χ0n) is 12.5. The standard InChI is InChI=1S/C16H22N4O/c1-19-9-11-20(12-10-19)8-4-7-16(21)18-15-6-3-2-5-14(15)13-17/h2-3,5-6H,4,7-12H2,1H3,(H,18,21). The summed E-state index contributed by atoms with van der Waals surface area (Å²) in [6.07, 6.45) is 1.34. The van der Waals surface area contributed by atoms with E-state index in [1.807, 2.05) is 6.07 Å². The highest BCUT2D eigenvalue weighted by Gasteiger charge is 2.13. The highest BCUT2D eigenvalue weighted by atomic mass is 16.1. The summed E-state index contributed by atoms with van der Waals surface area (Å²) in [6.45, 7) is 5.31. The van der Waals surface area contributed by atoms with Crippen LogP contribution in [-0.2, 0) is 4.79 Å². The highest BCUT2D eigenvalue weighted by molar-refractivity contribution is 5.92. The average Bonchev–Trinajstić information content (AvgIpc) is 2.50. The Labute approximate surface area is 126 Å². The van der Waals surface area contributed by atoms with Crippen molar-refractivity contribution in [3.63, 3.8) is 0 Å². The SMILES string of the molecule is CN1CCN(CCCC(=O)Nc2ccccc2C#N)CC1. The van der Waals surface area contributed by atoms with E-state index in [4.69, 9.17) is 5.26 Å². The molecule has 0 radical (unpaired) electrons. The van der Waals surface area contributed by atoms with Crippen molar-refractivity contribution in [1.29, 1.82) is 5.26 Å². The molecule has 0 aromatic heterocycles. The average molecular weight is 286 g/mol. The zero-order chi connectivity index (χ0) is 15.1. The first-order chi connectivity index (χ1) is 10.2. The third kappa shape index (κ3) is 4.85. The number of hydrogen-bond acceptors (Lipinski definition) is 4. The number of carbonyl (C=O) groups excluding carboxylic acids is 1. The van der Waals surface area contributed by atoms with Gasteiger partial charge in [0, 0.05) is 32.6 Å². The molecule has 1 N–H and O–H groups in total. The molecule has 0 bridgehead atoms. The van der Waals surface area contributed by atoms with E-state index in [9.17, 15) is 4.79 Å². The summed E-state index contributed by atoms with van der Waals surface area (Å²) in [6, 6.07) is 9.17. The van der Waals surface area contributed by atoms with Gasteiger partial charge in [0.1, 0.15) is 6.07 Å². The maximum absolute atomic E-state index is 11.9. The van der Waals surface area contributed by atoms with Gasteiger partial charge in [-0.25, -0.2) is 0 Å². The molecule has 0 atom stereocenters. The Kier molecular flexibility index (Phi) is 5.73. The van der Waals surface area contributed by atoms with Gasteiger partial charge in [-0.1, -0.05) is 12.1 Å². The van der Waals surface area contributed by atoms with Gasteiger partial charge in [0.15, 0.2) is 0 Å². The van der Waals surface area contributed by atoms with Gasteiger partial charge in [-0.05, 0) is 32.1 Å². The predicted molar refractivity (Wildman–Crippen MR) is 83.0 cm³/mol. The number of anilines is 1. The third-order valence-electron chi connectivity index (χ3n) is 3.80. The minimum atomic E-state index is -0.0215. The van der Waals surface area contributed by atoms with Gasteiger partial charge < -0.3 is 15.1 Å². The predicted octanol–water partition coefficient (Wildman–Crippen LogP) is 1.52. The number of hydrogen-bond donors (Lipinski definition) is 1. The van der Waals surface area contributed by atoms with Gasteiger partial charge in [-0.15, -0.1) is 0 Å². The van der Waals surface area contributed by atoms with E-state index in [2.05, 4.69) is 28.2 Å². The van der Waals surface area contributed by atoms with Crippen molar-refractivity contribution in [3.8, 4) is 6.07 Å². The molecular formula is C16H22N4O. The summed E-state index contributed by atoms with van der Waals surface area (Å²) in [5.74, 6) is -0.0215. The second-order valence-electron chi connectivity index (χ2n) is 5.45. The summed E-state index contributed by atoms with van der Waals surface area (Å²) < 4.78 is 0. The molecule has 1 aliphatic heterocycles. The fraction of sp³-hybridized carbons (Fsp3) is 0.500. The van der Waals surface area contributed by atoms with Crippen LogP contribution in [0.1, 0.15) is 18.4 Å². The van der Waals surface area contributed by atoms with E-state index in [0.717, 1.165) is 39.1 Å². The molecule has 1 aromatic carbocycles. The molecule has 1 heterocycles. The molecule has 21 heavy (non-hydrogen) atoms. The Morgan fingerprint density at radius 2 is 2.00 bits per heavy atom. The van der Waals surface area contributed by atoms with Crippen LogP contribution < -0.4 is 5.32 Å². The van der Waals surface area contributed by atoms with Crippen LogP contribution in [0.2, 0.25) is 0 Å². The molecule has 1 amide bonds. The molecule has 1 saturated heterocycles. The van der Waals surface area contributed by atoms with Gasteiger partial charge in [-0.3, -0.25) is 4.79 Å². The van der Waals surface area contributed by atoms with Crippen LogP contribution in [0.5, 0.6) is 0 Å². The molecule has 1 fully saturated rings. The monoisotopic (exact) mass is 286 g/mol. The molecule has 1 aromatic rings. The molecule has 2 rings (SSSR count). The second-order valence-corrected chi connectivity index (χ2v) is 5.45.